The first kappa shape index (κ1) is 59.9. The fraction of sp³-hybridized carbons (Fsp3) is 0.875. The van der Waals surface area contributed by atoms with E-state index in [1.807, 2.05) is 0 Å². The van der Waals surface area contributed by atoms with Gasteiger partial charge >= 0.3 is 17.9 Å². The van der Waals surface area contributed by atoms with Crippen LogP contribution in [-0.4, -0.2) is 37.2 Å². The highest BCUT2D eigenvalue weighted by Gasteiger charge is 2.19. The molecule has 0 saturated carbocycles. The molecule has 0 aromatic carbocycles. The van der Waals surface area contributed by atoms with Crippen LogP contribution in [0.3, 0.4) is 0 Å². The van der Waals surface area contributed by atoms with Gasteiger partial charge in [-0.15, -0.1) is 0 Å². The van der Waals surface area contributed by atoms with Gasteiger partial charge in [0.1, 0.15) is 13.2 Å². The third-order valence-electron chi connectivity index (χ3n) is 12.2. The van der Waals surface area contributed by atoms with Crippen LogP contribution in [0.4, 0.5) is 0 Å². The molecule has 6 nitrogen and oxygen atoms in total. The number of carbonyl (C=O) groups excluding carboxylic acids is 3. The minimum Gasteiger partial charge on any atom is -0.462 e. The van der Waals surface area contributed by atoms with Gasteiger partial charge in [-0.2, -0.15) is 0 Å². The summed E-state index contributed by atoms with van der Waals surface area (Å²) in [6, 6.07) is 0. The van der Waals surface area contributed by atoms with E-state index in [0.29, 0.717) is 19.3 Å². The molecule has 62 heavy (non-hydrogen) atoms. The second-order valence-electron chi connectivity index (χ2n) is 18.5. The van der Waals surface area contributed by atoms with Crippen LogP contribution in [0.5, 0.6) is 0 Å². The first-order valence-corrected chi connectivity index (χ1v) is 27.3. The number of allylic oxidation sites excluding steroid dienone is 4. The molecule has 0 aliphatic heterocycles. The lowest BCUT2D eigenvalue weighted by atomic mass is 10.0. The Hall–Kier alpha value is -2.11. The predicted octanol–water partition coefficient (Wildman–Crippen LogP) is 17.9. The van der Waals surface area contributed by atoms with Crippen molar-refractivity contribution < 1.29 is 28.6 Å². The highest BCUT2D eigenvalue weighted by molar-refractivity contribution is 5.71. The maximum Gasteiger partial charge on any atom is 0.306 e. The molecule has 0 aromatic heterocycles. The molecule has 1 atom stereocenters. The molecule has 0 aromatic rings. The third kappa shape index (κ3) is 48.9. The molecule has 364 valence electrons. The van der Waals surface area contributed by atoms with Crippen molar-refractivity contribution in [2.75, 3.05) is 13.2 Å². The van der Waals surface area contributed by atoms with Crippen molar-refractivity contribution in [1.29, 1.82) is 0 Å². The third-order valence-corrected chi connectivity index (χ3v) is 12.2. The summed E-state index contributed by atoms with van der Waals surface area (Å²) in [4.78, 5) is 38.0. The van der Waals surface area contributed by atoms with Gasteiger partial charge in [0.05, 0.1) is 0 Å². The van der Waals surface area contributed by atoms with Crippen molar-refractivity contribution in [3.63, 3.8) is 0 Å². The maximum absolute atomic E-state index is 12.8. The van der Waals surface area contributed by atoms with Crippen molar-refractivity contribution in [2.45, 2.75) is 303 Å². The molecule has 0 rings (SSSR count). The van der Waals surface area contributed by atoms with Crippen LogP contribution in [0.25, 0.3) is 0 Å². The van der Waals surface area contributed by atoms with E-state index in [2.05, 4.69) is 45.1 Å². The van der Waals surface area contributed by atoms with E-state index in [0.717, 1.165) is 77.0 Å². The quantitative estimate of drug-likeness (QED) is 0.0262. The minimum atomic E-state index is -0.771. The van der Waals surface area contributed by atoms with Gasteiger partial charge in [0.2, 0.25) is 0 Å². The van der Waals surface area contributed by atoms with Crippen LogP contribution < -0.4 is 0 Å². The molecule has 0 fully saturated rings. The predicted molar refractivity (Wildman–Crippen MR) is 266 cm³/mol. The summed E-state index contributed by atoms with van der Waals surface area (Å²) in [5, 5.41) is 0. The SMILES string of the molecule is CCCCC/C=C\C/C=C\CCCCCCCC(=O)OC[C@@H](COC(=O)CCCCCCCCCCCCCCCCCC)OC(=O)CCCCCCCCCCCCCCC. The molecular formula is C56H104O6. The molecular weight excluding hydrogens is 769 g/mol. The molecule has 0 amide bonds. The van der Waals surface area contributed by atoms with Gasteiger partial charge in [-0.25, -0.2) is 0 Å². The molecule has 0 aliphatic rings. The zero-order chi connectivity index (χ0) is 45.1. The standard InChI is InChI=1S/C56H104O6/c1-4-7-10-13-16-19-22-25-27-29-32-34-37-40-43-46-49-55(58)61-52-53(62-56(59)50-47-44-41-38-35-30-24-21-18-15-12-9-6-3)51-60-54(57)48-45-42-39-36-33-31-28-26-23-20-17-14-11-8-5-2/h17,20,26,28,53H,4-16,18-19,21-25,27,29-52H2,1-3H3/b20-17-,28-26-/t53-/m0/s1. The number of hydrogen-bond acceptors (Lipinski definition) is 6. The maximum atomic E-state index is 12.8. The average molecular weight is 873 g/mol. The van der Waals surface area contributed by atoms with Crippen molar-refractivity contribution in [3.05, 3.63) is 24.3 Å². The van der Waals surface area contributed by atoms with E-state index in [1.54, 1.807) is 0 Å². The van der Waals surface area contributed by atoms with Crippen molar-refractivity contribution >= 4 is 17.9 Å². The smallest absolute Gasteiger partial charge is 0.306 e. The molecule has 0 spiro atoms. The Kier molecular flexibility index (Phi) is 49.8. The van der Waals surface area contributed by atoms with Gasteiger partial charge in [0.25, 0.3) is 0 Å². The molecule has 6 heteroatoms. The monoisotopic (exact) mass is 873 g/mol. The number of rotatable bonds is 50. The van der Waals surface area contributed by atoms with Crippen LogP contribution in [0.1, 0.15) is 297 Å². The Morgan fingerprint density at radius 1 is 0.323 bits per heavy atom. The summed E-state index contributed by atoms with van der Waals surface area (Å²) < 4.78 is 16.8. The Morgan fingerprint density at radius 3 is 0.919 bits per heavy atom. The van der Waals surface area contributed by atoms with Gasteiger partial charge < -0.3 is 14.2 Å². The van der Waals surface area contributed by atoms with Crippen molar-refractivity contribution in [2.24, 2.45) is 0 Å². The fourth-order valence-electron chi connectivity index (χ4n) is 8.06. The molecule has 0 heterocycles. The van der Waals surface area contributed by atoms with Crippen LogP contribution in [-0.2, 0) is 28.6 Å². The topological polar surface area (TPSA) is 78.9 Å². The van der Waals surface area contributed by atoms with Crippen LogP contribution in [0.2, 0.25) is 0 Å². The van der Waals surface area contributed by atoms with Crippen LogP contribution in [0.15, 0.2) is 24.3 Å². The lowest BCUT2D eigenvalue weighted by molar-refractivity contribution is -0.167. The largest absolute Gasteiger partial charge is 0.462 e. The summed E-state index contributed by atoms with van der Waals surface area (Å²) in [6.45, 7) is 6.64. The fourth-order valence-corrected chi connectivity index (χ4v) is 8.06. The van der Waals surface area contributed by atoms with Gasteiger partial charge in [0.15, 0.2) is 6.10 Å². The normalized spacial score (nSPS) is 12.1. The van der Waals surface area contributed by atoms with E-state index >= 15 is 0 Å². The zero-order valence-electron chi connectivity index (χ0n) is 41.7. The first-order valence-electron chi connectivity index (χ1n) is 27.3. The molecule has 0 N–H and O–H groups in total. The second kappa shape index (κ2) is 51.5. The Morgan fingerprint density at radius 2 is 0.581 bits per heavy atom. The number of ether oxygens (including phenoxy) is 3. The van der Waals surface area contributed by atoms with Crippen molar-refractivity contribution in [1.82, 2.24) is 0 Å². The van der Waals surface area contributed by atoms with Gasteiger partial charge in [-0.1, -0.05) is 251 Å². The summed E-state index contributed by atoms with van der Waals surface area (Å²) in [5.41, 5.74) is 0. The number of hydrogen-bond donors (Lipinski definition) is 0. The summed E-state index contributed by atoms with van der Waals surface area (Å²) in [7, 11) is 0. The van der Waals surface area contributed by atoms with E-state index in [1.165, 1.54) is 180 Å². The first-order chi connectivity index (χ1) is 30.5. The summed E-state index contributed by atoms with van der Waals surface area (Å²) >= 11 is 0. The molecule has 0 saturated heterocycles. The Bertz CT molecular complexity index is 1000. The summed E-state index contributed by atoms with van der Waals surface area (Å²) in [6.07, 6.45) is 58.7. The van der Waals surface area contributed by atoms with Gasteiger partial charge in [-0.05, 0) is 51.4 Å². The van der Waals surface area contributed by atoms with Crippen molar-refractivity contribution in [3.8, 4) is 0 Å². The number of carbonyl (C=O) groups is 3. The molecule has 0 unspecified atom stereocenters. The number of unbranched alkanes of at least 4 members (excludes halogenated alkanes) is 35. The number of esters is 3. The van der Waals surface area contributed by atoms with E-state index < -0.39 is 6.10 Å². The van der Waals surface area contributed by atoms with E-state index in [9.17, 15) is 14.4 Å². The lowest BCUT2D eigenvalue weighted by Gasteiger charge is -2.18. The van der Waals surface area contributed by atoms with Gasteiger partial charge in [0, 0.05) is 19.3 Å². The minimum absolute atomic E-state index is 0.0704. The second-order valence-corrected chi connectivity index (χ2v) is 18.5. The highest BCUT2D eigenvalue weighted by Crippen LogP contribution is 2.16. The Balaban J connectivity index is 4.34. The summed E-state index contributed by atoms with van der Waals surface area (Å²) in [5.74, 6) is -0.867. The molecule has 0 radical (unpaired) electrons. The molecule has 0 bridgehead atoms. The Labute approximate surface area is 385 Å². The average Bonchev–Trinajstić information content (AvgIpc) is 3.27. The highest BCUT2D eigenvalue weighted by atomic mass is 16.6. The van der Waals surface area contributed by atoms with E-state index in [4.69, 9.17) is 14.2 Å². The lowest BCUT2D eigenvalue weighted by Crippen LogP contribution is -2.30. The van der Waals surface area contributed by atoms with Gasteiger partial charge in [-0.3, -0.25) is 14.4 Å². The van der Waals surface area contributed by atoms with Crippen LogP contribution in [0, 0.1) is 0 Å². The van der Waals surface area contributed by atoms with Crippen LogP contribution >= 0.6 is 0 Å². The molecule has 0 aliphatic carbocycles. The zero-order valence-corrected chi connectivity index (χ0v) is 41.7. The van der Waals surface area contributed by atoms with E-state index in [-0.39, 0.29) is 31.1 Å².